The highest BCUT2D eigenvalue weighted by Gasteiger charge is 2.46. The molecule has 0 aliphatic heterocycles. The molecule has 0 heterocycles. The van der Waals surface area contributed by atoms with Crippen molar-refractivity contribution in [1.29, 1.82) is 0 Å². The molecule has 1 aromatic rings. The maximum Gasteiger partial charge on any atom is 0.264 e. The van der Waals surface area contributed by atoms with Crippen LogP contribution in [0.25, 0.3) is 0 Å². The Morgan fingerprint density at radius 1 is 1.26 bits per heavy atom. The van der Waals surface area contributed by atoms with Crippen molar-refractivity contribution in [2.45, 2.75) is 45.1 Å². The summed E-state index contributed by atoms with van der Waals surface area (Å²) < 4.78 is 5.98. The molecule has 0 radical (unpaired) electrons. The Bertz CT molecular complexity index is 585. The van der Waals surface area contributed by atoms with E-state index in [1.807, 2.05) is 19.1 Å². The molecule has 0 unspecified atom stereocenters. The maximum absolute atomic E-state index is 12.5. The minimum Gasteiger partial charge on any atom is -0.476 e. The Balaban J connectivity index is 1.93. The zero-order valence-electron chi connectivity index (χ0n) is 13.6. The number of hydrogen-bond donors (Lipinski definition) is 2. The van der Waals surface area contributed by atoms with E-state index in [0.29, 0.717) is 43.1 Å². The SMILES string of the molecule is CCC(=O)NCCNC(=O)C1(Oc2cc(C)ccc2Cl)CCC1. The molecule has 1 aliphatic rings. The molecule has 0 spiro atoms. The number of carbonyl (C=O) groups is 2. The second-order valence-corrected chi connectivity index (χ2v) is 6.25. The van der Waals surface area contributed by atoms with Crippen LogP contribution in [-0.4, -0.2) is 30.5 Å². The maximum atomic E-state index is 12.5. The van der Waals surface area contributed by atoms with Crippen LogP contribution in [-0.2, 0) is 9.59 Å². The van der Waals surface area contributed by atoms with Gasteiger partial charge in [0.05, 0.1) is 5.02 Å². The van der Waals surface area contributed by atoms with E-state index >= 15 is 0 Å². The van der Waals surface area contributed by atoms with Gasteiger partial charge < -0.3 is 15.4 Å². The van der Waals surface area contributed by atoms with Crippen molar-refractivity contribution in [1.82, 2.24) is 10.6 Å². The van der Waals surface area contributed by atoms with Gasteiger partial charge in [-0.1, -0.05) is 24.6 Å². The van der Waals surface area contributed by atoms with E-state index in [9.17, 15) is 9.59 Å². The minimum atomic E-state index is -0.841. The topological polar surface area (TPSA) is 67.4 Å². The van der Waals surface area contributed by atoms with Gasteiger partial charge in [0.2, 0.25) is 5.91 Å². The predicted octanol–water partition coefficient (Wildman–Crippen LogP) is 2.59. The largest absolute Gasteiger partial charge is 0.476 e. The molecule has 0 saturated heterocycles. The van der Waals surface area contributed by atoms with Gasteiger partial charge in [-0.25, -0.2) is 0 Å². The quantitative estimate of drug-likeness (QED) is 0.751. The number of nitrogens with one attached hydrogen (secondary N) is 2. The molecule has 1 aromatic carbocycles. The Morgan fingerprint density at radius 2 is 1.96 bits per heavy atom. The third-order valence-corrected chi connectivity index (χ3v) is 4.33. The van der Waals surface area contributed by atoms with Crippen molar-refractivity contribution in [3.05, 3.63) is 28.8 Å². The summed E-state index contributed by atoms with van der Waals surface area (Å²) in [5, 5.41) is 6.07. The highest BCUT2D eigenvalue weighted by molar-refractivity contribution is 6.32. The summed E-state index contributed by atoms with van der Waals surface area (Å²) in [5.74, 6) is 0.369. The molecule has 1 aliphatic carbocycles. The summed E-state index contributed by atoms with van der Waals surface area (Å²) in [6, 6.07) is 5.52. The number of ether oxygens (including phenoxy) is 1. The molecule has 6 heteroatoms. The fourth-order valence-corrected chi connectivity index (χ4v) is 2.59. The summed E-state index contributed by atoms with van der Waals surface area (Å²) in [7, 11) is 0. The molecule has 1 saturated carbocycles. The molecule has 126 valence electrons. The van der Waals surface area contributed by atoms with E-state index in [1.165, 1.54) is 0 Å². The number of carbonyl (C=O) groups excluding carboxylic acids is 2. The van der Waals surface area contributed by atoms with Crippen LogP contribution in [0.5, 0.6) is 5.75 Å². The van der Waals surface area contributed by atoms with Crippen LogP contribution >= 0.6 is 11.6 Å². The second kappa shape index (κ2) is 7.68. The normalized spacial score (nSPS) is 15.4. The Labute approximate surface area is 141 Å². The van der Waals surface area contributed by atoms with Crippen LogP contribution < -0.4 is 15.4 Å². The van der Waals surface area contributed by atoms with E-state index in [1.54, 1.807) is 13.0 Å². The van der Waals surface area contributed by atoms with Gasteiger partial charge in [0.1, 0.15) is 5.75 Å². The minimum absolute atomic E-state index is 0.0274. The van der Waals surface area contributed by atoms with Crippen LogP contribution in [0.3, 0.4) is 0 Å². The highest BCUT2D eigenvalue weighted by atomic mass is 35.5. The molecule has 2 rings (SSSR count). The van der Waals surface area contributed by atoms with Gasteiger partial charge in [-0.15, -0.1) is 0 Å². The summed E-state index contributed by atoms with van der Waals surface area (Å²) >= 11 is 6.16. The average Bonchev–Trinajstić information content (AvgIpc) is 2.50. The summed E-state index contributed by atoms with van der Waals surface area (Å²) in [5.41, 5.74) is 0.188. The smallest absolute Gasteiger partial charge is 0.264 e. The van der Waals surface area contributed by atoms with Crippen LogP contribution in [0.2, 0.25) is 5.02 Å². The van der Waals surface area contributed by atoms with E-state index < -0.39 is 5.60 Å². The van der Waals surface area contributed by atoms with E-state index in [-0.39, 0.29) is 11.8 Å². The third-order valence-electron chi connectivity index (χ3n) is 4.02. The first-order valence-corrected chi connectivity index (χ1v) is 8.35. The Hall–Kier alpha value is -1.75. The number of amides is 2. The van der Waals surface area contributed by atoms with Gasteiger partial charge in [-0.05, 0) is 43.9 Å². The average molecular weight is 339 g/mol. The molecule has 1 fully saturated rings. The van der Waals surface area contributed by atoms with Crippen molar-refractivity contribution >= 4 is 23.4 Å². The molecule has 0 aromatic heterocycles. The highest BCUT2D eigenvalue weighted by Crippen LogP contribution is 2.39. The summed E-state index contributed by atoms with van der Waals surface area (Å²) in [6.45, 7) is 4.54. The monoisotopic (exact) mass is 338 g/mol. The first-order chi connectivity index (χ1) is 11.0. The zero-order chi connectivity index (χ0) is 16.9. The van der Waals surface area contributed by atoms with Crippen molar-refractivity contribution in [2.24, 2.45) is 0 Å². The lowest BCUT2D eigenvalue weighted by Gasteiger charge is -2.40. The lowest BCUT2D eigenvalue weighted by Crippen LogP contribution is -2.56. The number of aryl methyl sites for hydroxylation is 1. The fraction of sp³-hybridized carbons (Fsp3) is 0.529. The lowest BCUT2D eigenvalue weighted by molar-refractivity contribution is -0.144. The van der Waals surface area contributed by atoms with Crippen molar-refractivity contribution in [2.75, 3.05) is 13.1 Å². The van der Waals surface area contributed by atoms with Gasteiger partial charge in [-0.2, -0.15) is 0 Å². The summed E-state index contributed by atoms with van der Waals surface area (Å²) in [4.78, 5) is 23.6. The van der Waals surface area contributed by atoms with Gasteiger partial charge >= 0.3 is 0 Å². The van der Waals surface area contributed by atoms with Gasteiger partial charge in [0.15, 0.2) is 5.60 Å². The van der Waals surface area contributed by atoms with Crippen molar-refractivity contribution < 1.29 is 14.3 Å². The lowest BCUT2D eigenvalue weighted by atomic mass is 9.79. The molecule has 0 atom stereocenters. The zero-order valence-corrected chi connectivity index (χ0v) is 14.3. The van der Waals surface area contributed by atoms with Crippen LogP contribution in [0.4, 0.5) is 0 Å². The van der Waals surface area contributed by atoms with E-state index in [4.69, 9.17) is 16.3 Å². The molecule has 0 bridgehead atoms. The van der Waals surface area contributed by atoms with Crippen molar-refractivity contribution in [3.8, 4) is 5.75 Å². The van der Waals surface area contributed by atoms with E-state index in [2.05, 4.69) is 10.6 Å². The third kappa shape index (κ3) is 4.38. The summed E-state index contributed by atoms with van der Waals surface area (Å²) in [6.07, 6.45) is 2.73. The van der Waals surface area contributed by atoms with E-state index in [0.717, 1.165) is 12.0 Å². The molecule has 23 heavy (non-hydrogen) atoms. The van der Waals surface area contributed by atoms with Crippen LogP contribution in [0.15, 0.2) is 18.2 Å². The van der Waals surface area contributed by atoms with Gasteiger partial charge in [0.25, 0.3) is 5.91 Å². The number of hydrogen-bond acceptors (Lipinski definition) is 3. The molecular formula is C17H23ClN2O3. The second-order valence-electron chi connectivity index (χ2n) is 5.84. The first-order valence-electron chi connectivity index (χ1n) is 7.97. The standard InChI is InChI=1S/C17H23ClN2O3/c1-3-15(21)19-9-10-20-16(22)17(7-4-8-17)23-14-11-12(2)5-6-13(14)18/h5-6,11H,3-4,7-10H2,1-2H3,(H,19,21)(H,20,22). The van der Waals surface area contributed by atoms with Crippen molar-refractivity contribution in [3.63, 3.8) is 0 Å². The van der Waals surface area contributed by atoms with Crippen LogP contribution in [0.1, 0.15) is 38.2 Å². The fourth-order valence-electron chi connectivity index (χ4n) is 2.44. The predicted molar refractivity (Wildman–Crippen MR) is 89.7 cm³/mol. The first kappa shape index (κ1) is 17.6. The van der Waals surface area contributed by atoms with Gasteiger partial charge in [0, 0.05) is 19.5 Å². The van der Waals surface area contributed by atoms with Crippen LogP contribution in [0, 0.1) is 6.92 Å². The molecule has 2 amide bonds. The molecular weight excluding hydrogens is 316 g/mol. The molecule has 5 nitrogen and oxygen atoms in total. The Kier molecular flexibility index (Phi) is 5.88. The number of benzene rings is 1. The number of rotatable bonds is 7. The number of halogens is 1. The van der Waals surface area contributed by atoms with Gasteiger partial charge in [-0.3, -0.25) is 9.59 Å². The Morgan fingerprint density at radius 3 is 2.57 bits per heavy atom. The molecule has 2 N–H and O–H groups in total.